The second-order valence-electron chi connectivity index (χ2n) is 5.66. The van der Waals surface area contributed by atoms with Crippen LogP contribution in [0.4, 0.5) is 5.69 Å². The van der Waals surface area contributed by atoms with Gasteiger partial charge in [0.2, 0.25) is 5.91 Å². The van der Waals surface area contributed by atoms with E-state index in [2.05, 4.69) is 28.2 Å². The van der Waals surface area contributed by atoms with E-state index in [4.69, 9.17) is 10.5 Å². The minimum atomic E-state index is -0.739. The van der Waals surface area contributed by atoms with Crippen LogP contribution < -0.4 is 11.1 Å². The highest BCUT2D eigenvalue weighted by Crippen LogP contribution is 2.36. The van der Waals surface area contributed by atoms with Crippen LogP contribution in [0.25, 0.3) is 0 Å². The maximum Gasteiger partial charge on any atom is 0.243 e. The van der Waals surface area contributed by atoms with E-state index >= 15 is 0 Å². The highest BCUT2D eigenvalue weighted by molar-refractivity contribution is 9.10. The lowest BCUT2D eigenvalue weighted by molar-refractivity contribution is -0.135. The number of benzene rings is 1. The van der Waals surface area contributed by atoms with Crippen LogP contribution in [0.1, 0.15) is 33.1 Å². The van der Waals surface area contributed by atoms with Gasteiger partial charge in [-0.3, -0.25) is 4.79 Å². The van der Waals surface area contributed by atoms with Crippen LogP contribution in [0.2, 0.25) is 0 Å². The molecular formula is C15H21BrN2O2. The number of anilines is 1. The van der Waals surface area contributed by atoms with E-state index in [0.29, 0.717) is 19.4 Å². The quantitative estimate of drug-likeness (QED) is 0.885. The molecule has 2 unspecified atom stereocenters. The Hall–Kier alpha value is -1.07. The molecule has 1 aromatic carbocycles. The van der Waals surface area contributed by atoms with E-state index in [-0.39, 0.29) is 11.5 Å². The number of amides is 1. The molecule has 0 radical (unpaired) electrons. The van der Waals surface area contributed by atoms with Crippen molar-refractivity contribution in [2.24, 2.45) is 5.73 Å². The van der Waals surface area contributed by atoms with Crippen molar-refractivity contribution < 1.29 is 9.53 Å². The predicted molar refractivity (Wildman–Crippen MR) is 83.6 cm³/mol. The maximum absolute atomic E-state index is 12.0. The molecule has 5 heteroatoms. The zero-order chi connectivity index (χ0) is 14.8. The van der Waals surface area contributed by atoms with Gasteiger partial charge in [-0.2, -0.15) is 0 Å². The summed E-state index contributed by atoms with van der Waals surface area (Å²) >= 11 is 3.40. The van der Waals surface area contributed by atoms with Gasteiger partial charge in [0.15, 0.2) is 0 Å². The van der Waals surface area contributed by atoms with Crippen molar-refractivity contribution in [1.82, 2.24) is 0 Å². The first kappa shape index (κ1) is 15.3. The average Bonchev–Trinajstić information content (AvgIpc) is 2.41. The smallest absolute Gasteiger partial charge is 0.243 e. The molecule has 2 rings (SSSR count). The van der Waals surface area contributed by atoms with Gasteiger partial charge in [-0.05, 0) is 37.6 Å². The first-order valence-corrected chi connectivity index (χ1v) is 7.66. The van der Waals surface area contributed by atoms with Gasteiger partial charge in [0.25, 0.3) is 0 Å². The number of primary amides is 1. The van der Waals surface area contributed by atoms with E-state index < -0.39 is 5.54 Å². The first-order chi connectivity index (χ1) is 9.39. The van der Waals surface area contributed by atoms with Gasteiger partial charge in [0.1, 0.15) is 5.54 Å². The Morgan fingerprint density at radius 2 is 2.10 bits per heavy atom. The number of ether oxygens (including phenoxy) is 1. The van der Waals surface area contributed by atoms with Crippen LogP contribution in [0.3, 0.4) is 0 Å². The third kappa shape index (κ3) is 3.15. The van der Waals surface area contributed by atoms with Crippen LogP contribution in [0, 0.1) is 0 Å². The number of rotatable bonds is 4. The Morgan fingerprint density at radius 1 is 1.45 bits per heavy atom. The van der Waals surface area contributed by atoms with Crippen molar-refractivity contribution >= 4 is 27.5 Å². The Morgan fingerprint density at radius 3 is 2.65 bits per heavy atom. The predicted octanol–water partition coefficient (Wildman–Crippen LogP) is 3.06. The summed E-state index contributed by atoms with van der Waals surface area (Å²) < 4.78 is 6.82. The number of hydrogen-bond donors (Lipinski definition) is 2. The molecule has 1 amide bonds. The molecule has 0 bridgehead atoms. The number of nitrogens with one attached hydrogen (secondary N) is 1. The molecule has 3 N–H and O–H groups in total. The lowest BCUT2D eigenvalue weighted by atomic mass is 9.78. The third-order valence-electron chi connectivity index (χ3n) is 4.10. The molecule has 1 saturated heterocycles. The molecular weight excluding hydrogens is 320 g/mol. The van der Waals surface area contributed by atoms with Gasteiger partial charge < -0.3 is 15.8 Å². The molecule has 0 spiro atoms. The van der Waals surface area contributed by atoms with Crippen LogP contribution in [0.15, 0.2) is 28.7 Å². The lowest BCUT2D eigenvalue weighted by Crippen LogP contribution is -2.59. The van der Waals surface area contributed by atoms with Gasteiger partial charge in [0, 0.05) is 23.0 Å². The van der Waals surface area contributed by atoms with Crippen molar-refractivity contribution in [2.45, 2.75) is 44.2 Å². The molecule has 1 fully saturated rings. The summed E-state index contributed by atoms with van der Waals surface area (Å²) in [5.74, 6) is -0.316. The molecule has 1 aliphatic heterocycles. The summed E-state index contributed by atoms with van der Waals surface area (Å²) in [5.41, 5.74) is 5.54. The van der Waals surface area contributed by atoms with Gasteiger partial charge in [-0.25, -0.2) is 0 Å². The third-order valence-corrected chi connectivity index (χ3v) is 4.63. The standard InChI is InChI=1S/C15H21BrN2O2/c1-3-14(2)10-15(13(17)19,8-9-20-14)18-12-6-4-11(16)5-7-12/h4-7,18H,3,8-10H2,1-2H3,(H2,17,19). The molecule has 110 valence electrons. The number of carbonyl (C=O) groups excluding carboxylic acids is 1. The van der Waals surface area contributed by atoms with Crippen molar-refractivity contribution in [3.63, 3.8) is 0 Å². The number of hydrogen-bond acceptors (Lipinski definition) is 3. The van der Waals surface area contributed by atoms with Crippen molar-refractivity contribution in [1.29, 1.82) is 0 Å². The Kier molecular flexibility index (Phi) is 4.39. The molecule has 1 heterocycles. The molecule has 20 heavy (non-hydrogen) atoms. The number of halogens is 1. The van der Waals surface area contributed by atoms with Gasteiger partial charge in [0.05, 0.1) is 12.2 Å². The summed E-state index contributed by atoms with van der Waals surface area (Å²) in [6, 6.07) is 7.76. The Balaban J connectivity index is 2.26. The summed E-state index contributed by atoms with van der Waals surface area (Å²) in [6.45, 7) is 4.64. The maximum atomic E-state index is 12.0. The lowest BCUT2D eigenvalue weighted by Gasteiger charge is -2.45. The molecule has 0 aliphatic carbocycles. The van der Waals surface area contributed by atoms with Crippen molar-refractivity contribution in [3.05, 3.63) is 28.7 Å². The molecule has 0 saturated carbocycles. The normalized spacial score (nSPS) is 29.9. The van der Waals surface area contributed by atoms with Gasteiger partial charge in [-0.1, -0.05) is 22.9 Å². The van der Waals surface area contributed by atoms with Crippen LogP contribution in [-0.4, -0.2) is 23.7 Å². The Bertz CT molecular complexity index is 491. The summed E-state index contributed by atoms with van der Waals surface area (Å²) in [7, 11) is 0. The molecule has 4 nitrogen and oxygen atoms in total. The van der Waals surface area contributed by atoms with Crippen molar-refractivity contribution in [3.8, 4) is 0 Å². The van der Waals surface area contributed by atoms with Crippen LogP contribution in [0.5, 0.6) is 0 Å². The zero-order valence-corrected chi connectivity index (χ0v) is 13.5. The second kappa shape index (κ2) is 5.74. The molecule has 2 atom stereocenters. The van der Waals surface area contributed by atoms with Crippen LogP contribution in [-0.2, 0) is 9.53 Å². The fraction of sp³-hybridized carbons (Fsp3) is 0.533. The highest BCUT2D eigenvalue weighted by atomic mass is 79.9. The molecule has 1 aromatic rings. The highest BCUT2D eigenvalue weighted by Gasteiger charge is 2.46. The van der Waals surface area contributed by atoms with Crippen molar-refractivity contribution in [2.75, 3.05) is 11.9 Å². The largest absolute Gasteiger partial charge is 0.375 e. The van der Waals surface area contributed by atoms with Crippen LogP contribution >= 0.6 is 15.9 Å². The minimum absolute atomic E-state index is 0.310. The fourth-order valence-electron chi connectivity index (χ4n) is 2.66. The van der Waals surface area contributed by atoms with E-state index in [1.807, 2.05) is 31.2 Å². The van der Waals surface area contributed by atoms with E-state index in [1.54, 1.807) is 0 Å². The number of carbonyl (C=O) groups is 1. The van der Waals surface area contributed by atoms with E-state index in [1.165, 1.54) is 0 Å². The summed E-state index contributed by atoms with van der Waals surface area (Å²) in [4.78, 5) is 12.0. The fourth-order valence-corrected chi connectivity index (χ4v) is 2.93. The van der Waals surface area contributed by atoms with Gasteiger partial charge >= 0.3 is 0 Å². The van der Waals surface area contributed by atoms with E-state index in [0.717, 1.165) is 16.6 Å². The Labute approximate surface area is 128 Å². The molecule has 1 aliphatic rings. The SMILES string of the molecule is CCC1(C)CC(Nc2ccc(Br)cc2)(C(N)=O)CCO1. The summed E-state index contributed by atoms with van der Waals surface area (Å²) in [5, 5.41) is 3.34. The van der Waals surface area contributed by atoms with E-state index in [9.17, 15) is 4.79 Å². The van der Waals surface area contributed by atoms with Gasteiger partial charge in [-0.15, -0.1) is 0 Å². The second-order valence-corrected chi connectivity index (χ2v) is 6.57. The first-order valence-electron chi connectivity index (χ1n) is 6.87. The topological polar surface area (TPSA) is 64.3 Å². The number of nitrogens with two attached hydrogens (primary N) is 1. The molecule has 0 aromatic heterocycles. The summed E-state index contributed by atoms with van der Waals surface area (Å²) in [6.07, 6.45) is 2.03. The minimum Gasteiger partial charge on any atom is -0.375 e. The average molecular weight is 341 g/mol. The monoisotopic (exact) mass is 340 g/mol. The zero-order valence-electron chi connectivity index (χ0n) is 11.9.